The predicted octanol–water partition coefficient (Wildman–Crippen LogP) is 6.33. The Bertz CT molecular complexity index is 1450. The van der Waals surface area contributed by atoms with Gasteiger partial charge in [0.15, 0.2) is 11.0 Å². The molecular weight excluding hydrogens is 500 g/mol. The van der Waals surface area contributed by atoms with Crippen molar-refractivity contribution in [1.29, 1.82) is 0 Å². The lowest BCUT2D eigenvalue weighted by Gasteiger charge is -2.10. The zero-order valence-corrected chi connectivity index (χ0v) is 21.6. The lowest BCUT2D eigenvalue weighted by atomic mass is 10.2. The topological polar surface area (TPSA) is 91.4 Å². The van der Waals surface area contributed by atoms with Gasteiger partial charge in [-0.2, -0.15) is 0 Å². The lowest BCUT2D eigenvalue weighted by Crippen LogP contribution is -2.15. The van der Waals surface area contributed by atoms with Crippen molar-refractivity contribution in [1.82, 2.24) is 14.8 Å². The van der Waals surface area contributed by atoms with E-state index in [1.807, 2.05) is 90.4 Å². The second kappa shape index (κ2) is 12.2. The van der Waals surface area contributed by atoms with Crippen molar-refractivity contribution in [3.8, 4) is 17.2 Å². The average Bonchev–Trinajstić information content (AvgIpc) is 3.59. The molecule has 0 aliphatic rings. The van der Waals surface area contributed by atoms with Gasteiger partial charge in [-0.25, -0.2) is 0 Å². The number of anilines is 1. The first kappa shape index (κ1) is 25.2. The first-order valence-electron chi connectivity index (χ1n) is 12.0. The molecule has 0 bridgehead atoms. The van der Waals surface area contributed by atoms with Gasteiger partial charge in [-0.1, -0.05) is 47.7 Å². The van der Waals surface area contributed by atoms with Gasteiger partial charge in [0, 0.05) is 5.69 Å². The Kier molecular flexibility index (Phi) is 8.05. The maximum absolute atomic E-state index is 12.7. The summed E-state index contributed by atoms with van der Waals surface area (Å²) >= 11 is 1.30. The molecule has 0 atom stereocenters. The summed E-state index contributed by atoms with van der Waals surface area (Å²) in [5.41, 5.74) is 1.84. The molecule has 0 radical (unpaired) electrons. The maximum atomic E-state index is 12.7. The highest BCUT2D eigenvalue weighted by Gasteiger charge is 2.16. The van der Waals surface area contributed by atoms with Crippen LogP contribution >= 0.6 is 11.8 Å². The standard InChI is InChI=1S/C29H26N4O4S/c1-21-9-13-23(14-10-21)36-19-27-31-32-29(33(27)18-26-8-5-17-35-26)38-20-28(34)30-22-11-15-25(16-12-22)37-24-6-3-2-4-7-24/h2-17H,18-20H2,1H3,(H,30,34). The van der Waals surface area contributed by atoms with E-state index in [0.29, 0.717) is 29.0 Å². The number of carbonyl (C=O) groups is 1. The van der Waals surface area contributed by atoms with E-state index in [9.17, 15) is 4.79 Å². The molecule has 0 aliphatic carbocycles. The smallest absolute Gasteiger partial charge is 0.234 e. The second-order valence-corrected chi connectivity index (χ2v) is 9.38. The fraction of sp³-hybridized carbons (Fsp3) is 0.138. The molecule has 8 nitrogen and oxygen atoms in total. The van der Waals surface area contributed by atoms with E-state index in [0.717, 1.165) is 22.8 Å². The van der Waals surface area contributed by atoms with E-state index in [1.54, 1.807) is 18.4 Å². The molecule has 1 amide bonds. The van der Waals surface area contributed by atoms with Crippen LogP contribution in [0.3, 0.4) is 0 Å². The van der Waals surface area contributed by atoms with Gasteiger partial charge in [-0.15, -0.1) is 10.2 Å². The number of rotatable bonds is 11. The number of nitrogens with zero attached hydrogens (tertiary/aromatic N) is 3. The number of aromatic nitrogens is 3. The SMILES string of the molecule is Cc1ccc(OCc2nnc(SCC(=O)Nc3ccc(Oc4ccccc4)cc3)n2Cc2ccco2)cc1. The minimum atomic E-state index is -0.156. The summed E-state index contributed by atoms with van der Waals surface area (Å²) in [6, 6.07) is 28.3. The van der Waals surface area contributed by atoms with Gasteiger partial charge in [0.05, 0.1) is 18.6 Å². The van der Waals surface area contributed by atoms with Gasteiger partial charge < -0.3 is 19.2 Å². The third kappa shape index (κ3) is 6.83. The zero-order valence-electron chi connectivity index (χ0n) is 20.7. The van der Waals surface area contributed by atoms with Crippen molar-refractivity contribution in [2.24, 2.45) is 0 Å². The van der Waals surface area contributed by atoms with Crippen LogP contribution in [0.5, 0.6) is 17.2 Å². The molecule has 0 spiro atoms. The monoisotopic (exact) mass is 526 g/mol. The van der Waals surface area contributed by atoms with Gasteiger partial charge in [0.25, 0.3) is 0 Å². The lowest BCUT2D eigenvalue weighted by molar-refractivity contribution is -0.113. The molecule has 38 heavy (non-hydrogen) atoms. The molecule has 0 fully saturated rings. The third-order valence-electron chi connectivity index (χ3n) is 5.53. The van der Waals surface area contributed by atoms with Crippen LogP contribution in [0.25, 0.3) is 0 Å². The summed E-state index contributed by atoms with van der Waals surface area (Å²) in [6.07, 6.45) is 1.62. The van der Waals surface area contributed by atoms with Crippen LogP contribution in [-0.4, -0.2) is 26.4 Å². The Balaban J connectivity index is 1.20. The van der Waals surface area contributed by atoms with Crippen molar-refractivity contribution in [3.63, 3.8) is 0 Å². The van der Waals surface area contributed by atoms with Crippen molar-refractivity contribution in [2.75, 3.05) is 11.1 Å². The van der Waals surface area contributed by atoms with E-state index in [2.05, 4.69) is 15.5 Å². The molecule has 0 aliphatic heterocycles. The van der Waals surface area contributed by atoms with Gasteiger partial charge in [-0.05, 0) is 67.6 Å². The molecular formula is C29H26N4O4S. The number of furan rings is 1. The number of nitrogens with one attached hydrogen (secondary N) is 1. The van der Waals surface area contributed by atoms with E-state index >= 15 is 0 Å². The molecule has 9 heteroatoms. The van der Waals surface area contributed by atoms with Crippen molar-refractivity contribution in [3.05, 3.63) is 114 Å². The molecule has 2 heterocycles. The Hall–Kier alpha value is -4.50. The van der Waals surface area contributed by atoms with Crippen LogP contribution in [0.4, 0.5) is 5.69 Å². The number of hydrogen-bond acceptors (Lipinski definition) is 7. The number of amides is 1. The zero-order chi connectivity index (χ0) is 26.2. The van der Waals surface area contributed by atoms with E-state index < -0.39 is 0 Å². The predicted molar refractivity (Wildman–Crippen MR) is 146 cm³/mol. The largest absolute Gasteiger partial charge is 0.486 e. The first-order chi connectivity index (χ1) is 18.6. The highest BCUT2D eigenvalue weighted by molar-refractivity contribution is 7.99. The second-order valence-electron chi connectivity index (χ2n) is 8.44. The number of carbonyl (C=O) groups excluding carboxylic acids is 1. The van der Waals surface area contributed by atoms with Crippen molar-refractivity contribution < 1.29 is 18.7 Å². The summed E-state index contributed by atoms with van der Waals surface area (Å²) in [6.45, 7) is 2.69. The third-order valence-corrected chi connectivity index (χ3v) is 6.49. The molecule has 0 saturated carbocycles. The normalized spacial score (nSPS) is 10.8. The van der Waals surface area contributed by atoms with Crippen molar-refractivity contribution >= 4 is 23.4 Å². The molecule has 3 aromatic carbocycles. The summed E-state index contributed by atoms with van der Waals surface area (Å²) in [5, 5.41) is 12.1. The number of para-hydroxylation sites is 1. The van der Waals surface area contributed by atoms with Gasteiger partial charge in [-0.3, -0.25) is 9.36 Å². The summed E-state index contributed by atoms with van der Waals surface area (Å²) in [7, 11) is 0. The fourth-order valence-corrected chi connectivity index (χ4v) is 4.35. The molecule has 1 N–H and O–H groups in total. The van der Waals surface area contributed by atoms with Crippen LogP contribution in [0.2, 0.25) is 0 Å². The van der Waals surface area contributed by atoms with Gasteiger partial charge >= 0.3 is 0 Å². The quantitative estimate of drug-likeness (QED) is 0.201. The molecule has 0 saturated heterocycles. The van der Waals surface area contributed by atoms with Crippen LogP contribution in [0, 0.1) is 6.92 Å². The molecule has 5 rings (SSSR count). The summed E-state index contributed by atoms with van der Waals surface area (Å²) in [4.78, 5) is 12.7. The van der Waals surface area contributed by atoms with Crippen molar-refractivity contribution in [2.45, 2.75) is 25.2 Å². The van der Waals surface area contributed by atoms with Crippen LogP contribution in [-0.2, 0) is 17.9 Å². The summed E-state index contributed by atoms with van der Waals surface area (Å²) in [5.74, 6) is 3.59. The molecule has 5 aromatic rings. The fourth-order valence-electron chi connectivity index (χ4n) is 3.59. The molecule has 0 unspecified atom stereocenters. The summed E-state index contributed by atoms with van der Waals surface area (Å²) < 4.78 is 19.2. The van der Waals surface area contributed by atoms with Gasteiger partial charge in [0.1, 0.15) is 29.6 Å². The Morgan fingerprint density at radius 1 is 0.895 bits per heavy atom. The van der Waals surface area contributed by atoms with Gasteiger partial charge in [0.2, 0.25) is 5.91 Å². The van der Waals surface area contributed by atoms with Crippen LogP contribution in [0.15, 0.2) is 107 Å². The maximum Gasteiger partial charge on any atom is 0.234 e. The van der Waals surface area contributed by atoms with Crippen LogP contribution < -0.4 is 14.8 Å². The number of ether oxygens (including phenoxy) is 2. The van der Waals surface area contributed by atoms with E-state index in [4.69, 9.17) is 13.9 Å². The number of thioether (sulfide) groups is 1. The minimum Gasteiger partial charge on any atom is -0.486 e. The molecule has 2 aromatic heterocycles. The Morgan fingerprint density at radius 3 is 2.37 bits per heavy atom. The highest BCUT2D eigenvalue weighted by Crippen LogP contribution is 2.24. The first-order valence-corrected chi connectivity index (χ1v) is 13.0. The molecule has 192 valence electrons. The Morgan fingerprint density at radius 2 is 1.63 bits per heavy atom. The highest BCUT2D eigenvalue weighted by atomic mass is 32.2. The van der Waals surface area contributed by atoms with E-state index in [-0.39, 0.29) is 18.3 Å². The average molecular weight is 527 g/mol. The minimum absolute atomic E-state index is 0.156. The number of aryl methyl sites for hydroxylation is 1. The Labute approximate surface area is 224 Å². The van der Waals surface area contributed by atoms with Crippen LogP contribution in [0.1, 0.15) is 17.1 Å². The number of benzene rings is 3. The van der Waals surface area contributed by atoms with E-state index in [1.165, 1.54) is 11.8 Å². The number of hydrogen-bond donors (Lipinski definition) is 1.